The average Bonchev–Trinajstić information content (AvgIpc) is 2.63. The summed E-state index contributed by atoms with van der Waals surface area (Å²) in [6.07, 6.45) is -2.82. The highest BCUT2D eigenvalue weighted by Crippen LogP contribution is 2.32. The predicted octanol–water partition coefficient (Wildman–Crippen LogP) is 2.78. The lowest BCUT2D eigenvalue weighted by Gasteiger charge is -2.11. The van der Waals surface area contributed by atoms with Gasteiger partial charge in [-0.05, 0) is 31.2 Å². The fraction of sp³-hybridized carbons (Fsp3) is 0.182. The van der Waals surface area contributed by atoms with Crippen molar-refractivity contribution >= 4 is 5.69 Å². The Morgan fingerprint density at radius 3 is 2.41 bits per heavy atom. The molecule has 0 fully saturated rings. The van der Waals surface area contributed by atoms with E-state index in [1.165, 1.54) is 10.7 Å². The summed E-state index contributed by atoms with van der Waals surface area (Å²) in [6, 6.07) is 4.97. The van der Waals surface area contributed by atoms with Gasteiger partial charge < -0.3 is 5.73 Å². The molecule has 90 valence electrons. The van der Waals surface area contributed by atoms with Crippen LogP contribution in [-0.4, -0.2) is 9.78 Å². The predicted molar refractivity (Wildman–Crippen MR) is 57.7 cm³/mol. The van der Waals surface area contributed by atoms with Gasteiger partial charge in [-0.1, -0.05) is 0 Å². The number of nitrogen functional groups attached to an aromatic ring is 1. The van der Waals surface area contributed by atoms with E-state index in [1.54, 1.807) is 19.2 Å². The Morgan fingerprint density at radius 1 is 1.24 bits per heavy atom. The lowest BCUT2D eigenvalue weighted by Crippen LogP contribution is -2.08. The van der Waals surface area contributed by atoms with Crippen molar-refractivity contribution < 1.29 is 13.2 Å². The van der Waals surface area contributed by atoms with Crippen molar-refractivity contribution in [2.24, 2.45) is 0 Å². The fourth-order valence-corrected chi connectivity index (χ4v) is 1.55. The van der Waals surface area contributed by atoms with Crippen molar-refractivity contribution in [3.63, 3.8) is 0 Å². The van der Waals surface area contributed by atoms with Crippen molar-refractivity contribution in [3.8, 4) is 5.69 Å². The van der Waals surface area contributed by atoms with Crippen LogP contribution in [0.3, 0.4) is 0 Å². The molecule has 0 aliphatic carbocycles. The van der Waals surface area contributed by atoms with Crippen molar-refractivity contribution in [1.82, 2.24) is 9.78 Å². The molecule has 0 radical (unpaired) electrons. The van der Waals surface area contributed by atoms with Crippen LogP contribution in [0.1, 0.15) is 11.3 Å². The topological polar surface area (TPSA) is 43.8 Å². The number of aromatic nitrogens is 2. The zero-order chi connectivity index (χ0) is 12.6. The SMILES string of the molecule is Cc1ccnn1-c1ccc(C(F)(F)F)cc1N. The number of halogens is 3. The Labute approximate surface area is 95.7 Å². The zero-order valence-electron chi connectivity index (χ0n) is 8.99. The molecule has 1 heterocycles. The molecular formula is C11H10F3N3. The number of nitrogens with two attached hydrogens (primary N) is 1. The van der Waals surface area contributed by atoms with Gasteiger partial charge in [0.2, 0.25) is 0 Å². The summed E-state index contributed by atoms with van der Waals surface area (Å²) in [6.45, 7) is 1.80. The molecule has 2 rings (SSSR count). The van der Waals surface area contributed by atoms with Crippen LogP contribution in [0, 0.1) is 6.92 Å². The van der Waals surface area contributed by atoms with Gasteiger partial charge in [-0.3, -0.25) is 0 Å². The van der Waals surface area contributed by atoms with E-state index in [2.05, 4.69) is 5.10 Å². The molecule has 0 aliphatic heterocycles. The quantitative estimate of drug-likeness (QED) is 0.780. The second kappa shape index (κ2) is 3.80. The van der Waals surface area contributed by atoms with E-state index in [0.717, 1.165) is 17.8 Å². The Bertz CT molecular complexity index is 543. The second-order valence-corrected chi connectivity index (χ2v) is 3.66. The molecule has 17 heavy (non-hydrogen) atoms. The van der Waals surface area contributed by atoms with Gasteiger partial charge in [-0.25, -0.2) is 4.68 Å². The summed E-state index contributed by atoms with van der Waals surface area (Å²) in [5.41, 5.74) is 6.15. The van der Waals surface area contributed by atoms with Crippen molar-refractivity contribution in [3.05, 3.63) is 41.7 Å². The van der Waals surface area contributed by atoms with E-state index in [0.29, 0.717) is 5.69 Å². The maximum absolute atomic E-state index is 12.4. The van der Waals surface area contributed by atoms with E-state index in [9.17, 15) is 13.2 Å². The number of hydrogen-bond donors (Lipinski definition) is 1. The molecule has 2 aromatic rings. The highest BCUT2D eigenvalue weighted by atomic mass is 19.4. The van der Waals surface area contributed by atoms with E-state index in [-0.39, 0.29) is 5.69 Å². The van der Waals surface area contributed by atoms with Gasteiger partial charge in [0, 0.05) is 11.9 Å². The maximum Gasteiger partial charge on any atom is 0.416 e. The zero-order valence-corrected chi connectivity index (χ0v) is 8.99. The van der Waals surface area contributed by atoms with Gasteiger partial charge in [-0.2, -0.15) is 18.3 Å². The first-order valence-corrected chi connectivity index (χ1v) is 4.87. The first-order valence-electron chi connectivity index (χ1n) is 4.87. The number of benzene rings is 1. The van der Waals surface area contributed by atoms with Crippen molar-refractivity contribution in [1.29, 1.82) is 0 Å². The molecule has 0 bridgehead atoms. The normalized spacial score (nSPS) is 11.8. The minimum absolute atomic E-state index is 0.0478. The fourth-order valence-electron chi connectivity index (χ4n) is 1.55. The number of anilines is 1. The molecule has 0 atom stereocenters. The molecule has 6 heteroatoms. The number of nitrogens with zero attached hydrogens (tertiary/aromatic N) is 2. The Morgan fingerprint density at radius 2 is 1.94 bits per heavy atom. The van der Waals surface area contributed by atoms with Gasteiger partial charge >= 0.3 is 6.18 Å². The molecule has 0 amide bonds. The second-order valence-electron chi connectivity index (χ2n) is 3.66. The molecule has 0 unspecified atom stereocenters. The molecule has 0 spiro atoms. The highest BCUT2D eigenvalue weighted by Gasteiger charge is 2.30. The molecule has 0 aliphatic rings. The lowest BCUT2D eigenvalue weighted by atomic mass is 10.1. The first-order chi connectivity index (χ1) is 7.89. The van der Waals surface area contributed by atoms with Crippen molar-refractivity contribution in [2.45, 2.75) is 13.1 Å². The van der Waals surface area contributed by atoms with Gasteiger partial charge in [-0.15, -0.1) is 0 Å². The smallest absolute Gasteiger partial charge is 0.397 e. The third-order valence-corrected chi connectivity index (χ3v) is 2.42. The molecule has 0 saturated carbocycles. The average molecular weight is 241 g/mol. The van der Waals surface area contributed by atoms with Crippen LogP contribution >= 0.6 is 0 Å². The summed E-state index contributed by atoms with van der Waals surface area (Å²) in [7, 11) is 0. The summed E-state index contributed by atoms with van der Waals surface area (Å²) >= 11 is 0. The van der Waals surface area contributed by atoms with Gasteiger partial charge in [0.1, 0.15) is 0 Å². The van der Waals surface area contributed by atoms with Crippen LogP contribution in [0.2, 0.25) is 0 Å². The number of alkyl halides is 3. The standard InChI is InChI=1S/C11H10F3N3/c1-7-4-5-16-17(7)10-3-2-8(6-9(10)15)11(12,13)14/h2-6H,15H2,1H3. The minimum Gasteiger partial charge on any atom is -0.397 e. The Kier molecular flexibility index (Phi) is 2.57. The van der Waals surface area contributed by atoms with Gasteiger partial charge in [0.25, 0.3) is 0 Å². The van der Waals surface area contributed by atoms with Gasteiger partial charge in [0.15, 0.2) is 0 Å². The molecule has 2 N–H and O–H groups in total. The minimum atomic E-state index is -4.38. The van der Waals surface area contributed by atoms with E-state index < -0.39 is 11.7 Å². The Hall–Kier alpha value is -1.98. The van der Waals surface area contributed by atoms with E-state index in [4.69, 9.17) is 5.73 Å². The van der Waals surface area contributed by atoms with Gasteiger partial charge in [0.05, 0.1) is 16.9 Å². The molecule has 1 aromatic heterocycles. The number of hydrogen-bond acceptors (Lipinski definition) is 2. The Balaban J connectivity index is 2.50. The third kappa shape index (κ3) is 2.11. The summed E-state index contributed by atoms with van der Waals surface area (Å²) in [4.78, 5) is 0. The molecule has 3 nitrogen and oxygen atoms in total. The number of rotatable bonds is 1. The highest BCUT2D eigenvalue weighted by molar-refractivity contribution is 5.59. The largest absolute Gasteiger partial charge is 0.416 e. The molecule has 1 aromatic carbocycles. The third-order valence-electron chi connectivity index (χ3n) is 2.42. The van der Waals surface area contributed by atoms with Crippen LogP contribution in [0.25, 0.3) is 5.69 Å². The molecule has 0 saturated heterocycles. The van der Waals surface area contributed by atoms with Crippen molar-refractivity contribution in [2.75, 3.05) is 5.73 Å². The summed E-state index contributed by atoms with van der Waals surface area (Å²) in [5, 5.41) is 3.99. The van der Waals surface area contributed by atoms with Crippen LogP contribution in [0.5, 0.6) is 0 Å². The van der Waals surface area contributed by atoms with Crippen LogP contribution in [0.15, 0.2) is 30.5 Å². The maximum atomic E-state index is 12.4. The summed E-state index contributed by atoms with van der Waals surface area (Å²) in [5.74, 6) is 0. The van der Waals surface area contributed by atoms with Crippen LogP contribution < -0.4 is 5.73 Å². The van der Waals surface area contributed by atoms with E-state index in [1.807, 2.05) is 0 Å². The van der Waals surface area contributed by atoms with Crippen LogP contribution in [-0.2, 0) is 6.18 Å². The lowest BCUT2D eigenvalue weighted by molar-refractivity contribution is -0.137. The summed E-state index contributed by atoms with van der Waals surface area (Å²) < 4.78 is 38.8. The monoisotopic (exact) mass is 241 g/mol. The first kappa shape index (κ1) is 11.5. The molecular weight excluding hydrogens is 231 g/mol. The number of aryl methyl sites for hydroxylation is 1. The van der Waals surface area contributed by atoms with E-state index >= 15 is 0 Å². The van der Waals surface area contributed by atoms with Crippen LogP contribution in [0.4, 0.5) is 18.9 Å².